The van der Waals surface area contributed by atoms with Crippen LogP contribution in [0.3, 0.4) is 0 Å². The highest BCUT2D eigenvalue weighted by Gasteiger charge is 2.01. The van der Waals surface area contributed by atoms with Gasteiger partial charge >= 0.3 is 0 Å². The second-order valence-electron chi connectivity index (χ2n) is 2.28. The van der Waals surface area contributed by atoms with Crippen LogP contribution in [0.25, 0.3) is 0 Å². The third-order valence-corrected chi connectivity index (χ3v) is 1.57. The first-order chi connectivity index (χ1) is 6.24. The normalized spacial score (nSPS) is 8.92. The fourth-order valence-corrected chi connectivity index (χ4v) is 0.872. The van der Waals surface area contributed by atoms with Crippen molar-refractivity contribution in [3.8, 4) is 6.07 Å². The topological polar surface area (TPSA) is 61.6 Å². The Balaban J connectivity index is 2.77. The summed E-state index contributed by atoms with van der Waals surface area (Å²) in [7, 11) is 0. The van der Waals surface area contributed by atoms with Crippen LogP contribution in [0.1, 0.15) is 5.56 Å². The highest BCUT2D eigenvalue weighted by molar-refractivity contribution is 9.11. The zero-order valence-electron chi connectivity index (χ0n) is 6.79. The molecule has 0 saturated carbocycles. The number of hydrogen-bond donors (Lipinski definition) is 1. The van der Waals surface area contributed by atoms with Crippen molar-refractivity contribution in [3.63, 3.8) is 0 Å². The second kappa shape index (κ2) is 4.58. The predicted octanol–water partition coefficient (Wildman–Crippen LogP) is 1.67. The van der Waals surface area contributed by atoms with Crippen molar-refractivity contribution in [2.24, 2.45) is 0 Å². The Morgan fingerprint density at radius 1 is 1.77 bits per heavy atom. The molecule has 0 aromatic carbocycles. The number of nitrogens with one attached hydrogen (secondary N) is 1. The van der Waals surface area contributed by atoms with Crippen molar-refractivity contribution in [1.29, 1.82) is 5.26 Å². The van der Waals surface area contributed by atoms with Crippen molar-refractivity contribution in [3.05, 3.63) is 28.9 Å². The van der Waals surface area contributed by atoms with Crippen molar-refractivity contribution in [2.75, 3.05) is 11.9 Å². The quantitative estimate of drug-likeness (QED) is 0.871. The predicted molar refractivity (Wildman–Crippen MR) is 53.3 cm³/mol. The summed E-state index contributed by atoms with van der Waals surface area (Å²) in [6, 6.07) is 3.61. The molecule has 1 aromatic rings. The van der Waals surface area contributed by atoms with E-state index in [1.807, 2.05) is 6.07 Å². The maximum atomic E-state index is 8.69. The van der Waals surface area contributed by atoms with Gasteiger partial charge in [-0.25, -0.2) is 0 Å². The number of hydrogen-bond acceptors (Lipinski definition) is 4. The van der Waals surface area contributed by atoms with E-state index in [9.17, 15) is 0 Å². The molecule has 0 aliphatic rings. The van der Waals surface area contributed by atoms with E-state index in [4.69, 9.17) is 5.26 Å². The Morgan fingerprint density at radius 3 is 3.15 bits per heavy atom. The lowest BCUT2D eigenvalue weighted by molar-refractivity contribution is 1.01. The monoisotopic (exact) mass is 238 g/mol. The third kappa shape index (κ3) is 2.84. The van der Waals surface area contributed by atoms with Gasteiger partial charge in [0.25, 0.3) is 0 Å². The molecule has 1 aromatic heterocycles. The van der Waals surface area contributed by atoms with Crippen LogP contribution in [0.2, 0.25) is 0 Å². The molecular weight excluding hydrogens is 232 g/mol. The molecule has 0 aliphatic heterocycles. The van der Waals surface area contributed by atoms with Crippen molar-refractivity contribution >= 4 is 21.7 Å². The van der Waals surface area contributed by atoms with Gasteiger partial charge in [0.05, 0.1) is 11.8 Å². The van der Waals surface area contributed by atoms with Crippen LogP contribution in [-0.4, -0.2) is 16.7 Å². The fourth-order valence-electron chi connectivity index (χ4n) is 0.732. The summed E-state index contributed by atoms with van der Waals surface area (Å²) in [4.78, 5) is 0. The van der Waals surface area contributed by atoms with Crippen LogP contribution < -0.4 is 5.32 Å². The summed E-state index contributed by atoms with van der Waals surface area (Å²) in [5.41, 5.74) is 0.476. The van der Waals surface area contributed by atoms with Gasteiger partial charge in [-0.2, -0.15) is 10.4 Å². The van der Waals surface area contributed by atoms with Gasteiger partial charge in [0.15, 0.2) is 5.82 Å². The molecule has 66 valence electrons. The Bertz CT molecular complexity index is 355. The lowest BCUT2D eigenvalue weighted by Gasteiger charge is -2.03. The van der Waals surface area contributed by atoms with Crippen LogP contribution >= 0.6 is 15.9 Å². The van der Waals surface area contributed by atoms with Gasteiger partial charge in [-0.15, -0.1) is 5.10 Å². The maximum absolute atomic E-state index is 8.69. The third-order valence-electron chi connectivity index (χ3n) is 1.29. The SMILES string of the molecule is C=C(Br)CNc1nnccc1C#N. The van der Waals surface area contributed by atoms with Crippen LogP contribution in [0.4, 0.5) is 5.82 Å². The summed E-state index contributed by atoms with van der Waals surface area (Å²) in [5.74, 6) is 0.477. The lowest BCUT2D eigenvalue weighted by Crippen LogP contribution is -2.05. The average molecular weight is 239 g/mol. The Hall–Kier alpha value is -1.41. The molecule has 0 bridgehead atoms. The van der Waals surface area contributed by atoms with E-state index in [0.717, 1.165) is 4.48 Å². The standard InChI is InChI=1S/C8H7BrN4/c1-6(9)5-11-8-7(4-10)2-3-12-13-8/h2-3H,1,5H2,(H,11,13). The summed E-state index contributed by atoms with van der Waals surface area (Å²) in [6.07, 6.45) is 1.48. The number of rotatable bonds is 3. The van der Waals surface area contributed by atoms with Crippen molar-refractivity contribution < 1.29 is 0 Å². The Kier molecular flexibility index (Phi) is 3.41. The van der Waals surface area contributed by atoms with E-state index in [-0.39, 0.29) is 0 Å². The molecule has 13 heavy (non-hydrogen) atoms. The number of nitriles is 1. The van der Waals surface area contributed by atoms with Gasteiger partial charge in [0.2, 0.25) is 0 Å². The van der Waals surface area contributed by atoms with Gasteiger partial charge in [-0.3, -0.25) is 0 Å². The largest absolute Gasteiger partial charge is 0.363 e. The zero-order valence-corrected chi connectivity index (χ0v) is 8.37. The van der Waals surface area contributed by atoms with E-state index in [1.165, 1.54) is 6.20 Å². The van der Waals surface area contributed by atoms with Crippen LogP contribution in [0, 0.1) is 11.3 Å². The summed E-state index contributed by atoms with van der Waals surface area (Å²) < 4.78 is 0.794. The molecule has 0 fully saturated rings. The molecular formula is C8H7BrN4. The van der Waals surface area contributed by atoms with E-state index < -0.39 is 0 Å². The number of halogens is 1. The molecule has 0 saturated heterocycles. The highest BCUT2D eigenvalue weighted by Crippen LogP contribution is 2.09. The first kappa shape index (κ1) is 9.68. The van der Waals surface area contributed by atoms with Gasteiger partial charge < -0.3 is 5.32 Å². The molecule has 0 unspecified atom stereocenters. The minimum atomic E-state index is 0.476. The molecule has 1 rings (SSSR count). The average Bonchev–Trinajstić information content (AvgIpc) is 2.15. The molecule has 0 aliphatic carbocycles. The van der Waals surface area contributed by atoms with Crippen LogP contribution in [0.5, 0.6) is 0 Å². The maximum Gasteiger partial charge on any atom is 0.166 e. The first-order valence-corrected chi connectivity index (χ1v) is 4.32. The number of aromatic nitrogens is 2. The smallest absolute Gasteiger partial charge is 0.166 e. The van der Waals surface area contributed by atoms with Gasteiger partial charge in [0.1, 0.15) is 6.07 Å². The minimum absolute atomic E-state index is 0.476. The van der Waals surface area contributed by atoms with E-state index >= 15 is 0 Å². The highest BCUT2D eigenvalue weighted by atomic mass is 79.9. The number of nitrogens with zero attached hydrogens (tertiary/aromatic N) is 3. The van der Waals surface area contributed by atoms with Gasteiger partial charge in [-0.05, 0) is 6.07 Å². The van der Waals surface area contributed by atoms with Crippen LogP contribution in [-0.2, 0) is 0 Å². The molecule has 0 spiro atoms. The molecule has 1 N–H and O–H groups in total. The molecule has 0 radical (unpaired) electrons. The molecule has 4 nitrogen and oxygen atoms in total. The lowest BCUT2D eigenvalue weighted by atomic mass is 10.3. The zero-order chi connectivity index (χ0) is 9.68. The molecule has 1 heterocycles. The fraction of sp³-hybridized carbons (Fsp3) is 0.125. The van der Waals surface area contributed by atoms with Crippen molar-refractivity contribution in [2.45, 2.75) is 0 Å². The minimum Gasteiger partial charge on any atom is -0.363 e. The first-order valence-electron chi connectivity index (χ1n) is 3.53. The van der Waals surface area contributed by atoms with Gasteiger partial charge in [-0.1, -0.05) is 22.5 Å². The molecule has 5 heteroatoms. The number of anilines is 1. The molecule has 0 atom stereocenters. The Morgan fingerprint density at radius 2 is 2.54 bits per heavy atom. The summed E-state index contributed by atoms with van der Waals surface area (Å²) in [5, 5.41) is 19.1. The van der Waals surface area contributed by atoms with E-state index in [0.29, 0.717) is 17.9 Å². The summed E-state index contributed by atoms with van der Waals surface area (Å²) >= 11 is 3.19. The second-order valence-corrected chi connectivity index (χ2v) is 3.40. The van der Waals surface area contributed by atoms with E-state index in [1.54, 1.807) is 6.07 Å². The van der Waals surface area contributed by atoms with Gasteiger partial charge in [0, 0.05) is 11.0 Å². The van der Waals surface area contributed by atoms with Crippen LogP contribution in [0.15, 0.2) is 23.3 Å². The Labute approximate surface area is 84.4 Å². The van der Waals surface area contributed by atoms with Crippen molar-refractivity contribution in [1.82, 2.24) is 10.2 Å². The summed E-state index contributed by atoms with van der Waals surface area (Å²) in [6.45, 7) is 4.17. The molecule has 0 amide bonds. The van der Waals surface area contributed by atoms with E-state index in [2.05, 4.69) is 38.0 Å².